The number of rotatable bonds is 5. The fourth-order valence-corrected chi connectivity index (χ4v) is 5.83. The fourth-order valence-electron chi connectivity index (χ4n) is 2.35. The van der Waals surface area contributed by atoms with Crippen molar-refractivity contribution in [1.82, 2.24) is 0 Å². The summed E-state index contributed by atoms with van der Waals surface area (Å²) in [5.41, 5.74) is 4.80. The topological polar surface area (TPSA) is 23.1 Å². The van der Waals surface area contributed by atoms with Gasteiger partial charge in [0.1, 0.15) is 10.8 Å². The first-order valence-electron chi connectivity index (χ1n) is 7.88. The fraction of sp³-hybridized carbons (Fsp3) is 0.400. The van der Waals surface area contributed by atoms with Crippen LogP contribution < -0.4 is 0 Å². The van der Waals surface area contributed by atoms with E-state index >= 15 is 0 Å². The van der Waals surface area contributed by atoms with Crippen molar-refractivity contribution in [2.75, 3.05) is 0 Å². The highest BCUT2D eigenvalue weighted by atomic mass is 33.1. The zero-order chi connectivity index (χ0) is 17.3. The Morgan fingerprint density at radius 2 is 1.13 bits per heavy atom. The summed E-state index contributed by atoms with van der Waals surface area (Å²) < 4.78 is 12.5. The van der Waals surface area contributed by atoms with Crippen LogP contribution in [0.3, 0.4) is 0 Å². The zero-order valence-electron chi connectivity index (χ0n) is 14.8. The lowest BCUT2D eigenvalue weighted by atomic mass is 10.0. The molecule has 0 N–H and O–H groups in total. The molecule has 0 aliphatic carbocycles. The molecule has 1 nitrogen and oxygen atoms in total. The van der Waals surface area contributed by atoms with Crippen molar-refractivity contribution in [3.63, 3.8) is 0 Å². The first kappa shape index (κ1) is 18.4. The van der Waals surface area contributed by atoms with Crippen molar-refractivity contribution in [2.24, 2.45) is 0 Å². The Bertz CT molecular complexity index is 642. The molecular weight excluding hydrogens is 320 g/mol. The van der Waals surface area contributed by atoms with Gasteiger partial charge in [0.25, 0.3) is 0 Å². The second-order valence-corrected chi connectivity index (χ2v) is 11.2. The molecule has 1 atom stereocenters. The Hall–Kier alpha value is -0.900. The van der Waals surface area contributed by atoms with E-state index in [1.165, 1.54) is 27.5 Å². The highest BCUT2D eigenvalue weighted by Crippen LogP contribution is 2.46. The van der Waals surface area contributed by atoms with Crippen molar-refractivity contribution < 1.29 is 4.55 Å². The highest BCUT2D eigenvalue weighted by Gasteiger charge is 2.40. The maximum atomic E-state index is 13.1. The SMILES string of the molecule is Cc1ccc(C(C)(C)S[S+]([O-])C(C)(C)c2ccc(C)cc2)cc1. The van der Waals surface area contributed by atoms with Gasteiger partial charge in [-0.3, -0.25) is 0 Å². The van der Waals surface area contributed by atoms with Gasteiger partial charge in [-0.2, -0.15) is 0 Å². The summed E-state index contributed by atoms with van der Waals surface area (Å²) >= 11 is 0. The molecule has 0 heterocycles. The predicted molar refractivity (Wildman–Crippen MR) is 104 cm³/mol. The summed E-state index contributed by atoms with van der Waals surface area (Å²) in [4.78, 5) is 0. The summed E-state index contributed by atoms with van der Waals surface area (Å²) in [5.74, 6) is 0. The molecule has 2 aromatic rings. The zero-order valence-corrected chi connectivity index (χ0v) is 16.5. The van der Waals surface area contributed by atoms with E-state index in [4.69, 9.17) is 0 Å². The molecule has 0 fully saturated rings. The molecule has 0 aromatic heterocycles. The lowest BCUT2D eigenvalue weighted by molar-refractivity contribution is 0.570. The van der Waals surface area contributed by atoms with Gasteiger partial charge < -0.3 is 4.55 Å². The Kier molecular flexibility index (Phi) is 5.55. The van der Waals surface area contributed by atoms with Crippen LogP contribution in [0.1, 0.15) is 49.9 Å². The van der Waals surface area contributed by atoms with E-state index in [0.29, 0.717) is 0 Å². The van der Waals surface area contributed by atoms with Crippen molar-refractivity contribution in [2.45, 2.75) is 51.0 Å². The maximum absolute atomic E-state index is 13.1. The molecule has 0 saturated carbocycles. The standard InChI is InChI=1S/C20H26OS2/c1-15-7-11-17(12-8-15)19(3,4)22-23(21)20(5,6)18-13-9-16(2)10-14-18/h7-14H,1-6H3. The molecule has 0 aliphatic rings. The minimum Gasteiger partial charge on any atom is -0.604 e. The molecular formula is C20H26OS2. The van der Waals surface area contributed by atoms with Crippen LogP contribution in [0.2, 0.25) is 0 Å². The molecule has 1 unspecified atom stereocenters. The summed E-state index contributed by atoms with van der Waals surface area (Å²) in [5, 5.41) is 0. The lowest BCUT2D eigenvalue weighted by Gasteiger charge is -2.32. The van der Waals surface area contributed by atoms with Crippen LogP contribution in [0.15, 0.2) is 48.5 Å². The molecule has 2 rings (SSSR count). The van der Waals surface area contributed by atoms with E-state index in [9.17, 15) is 4.55 Å². The summed E-state index contributed by atoms with van der Waals surface area (Å²) in [6.07, 6.45) is 0. The van der Waals surface area contributed by atoms with Crippen LogP contribution >= 0.6 is 10.8 Å². The van der Waals surface area contributed by atoms with Gasteiger partial charge in [-0.25, -0.2) is 0 Å². The third kappa shape index (κ3) is 4.34. The lowest BCUT2D eigenvalue weighted by Crippen LogP contribution is -2.30. The molecule has 0 radical (unpaired) electrons. The first-order chi connectivity index (χ1) is 10.6. The molecule has 3 heteroatoms. The quantitative estimate of drug-likeness (QED) is 0.499. The molecule has 0 saturated heterocycles. The van der Waals surface area contributed by atoms with Crippen molar-refractivity contribution in [3.8, 4) is 0 Å². The number of benzene rings is 2. The van der Waals surface area contributed by atoms with Gasteiger partial charge in [0.15, 0.2) is 4.75 Å². The largest absolute Gasteiger partial charge is 0.604 e. The summed E-state index contributed by atoms with van der Waals surface area (Å²) in [6, 6.07) is 16.9. The van der Waals surface area contributed by atoms with Gasteiger partial charge in [0, 0.05) is 15.8 Å². The third-order valence-corrected chi connectivity index (χ3v) is 9.02. The molecule has 0 aliphatic heterocycles. The summed E-state index contributed by atoms with van der Waals surface area (Å²) in [7, 11) is 0.492. The summed E-state index contributed by atoms with van der Waals surface area (Å²) in [6.45, 7) is 12.6. The molecule has 124 valence electrons. The van der Waals surface area contributed by atoms with E-state index in [1.54, 1.807) is 0 Å². The second kappa shape index (κ2) is 6.92. The number of hydrogen-bond donors (Lipinski definition) is 0. The number of aryl methyl sites for hydroxylation is 2. The average molecular weight is 347 g/mol. The Morgan fingerprint density at radius 3 is 1.57 bits per heavy atom. The van der Waals surface area contributed by atoms with Crippen LogP contribution in [-0.2, 0) is 19.7 Å². The Morgan fingerprint density at radius 1 is 0.739 bits per heavy atom. The molecule has 0 amide bonds. The van der Waals surface area contributed by atoms with Gasteiger partial charge >= 0.3 is 0 Å². The van der Waals surface area contributed by atoms with Crippen LogP contribution in [0, 0.1) is 13.8 Å². The molecule has 0 bridgehead atoms. The Balaban J connectivity index is 2.20. The van der Waals surface area contributed by atoms with Gasteiger partial charge in [-0.05, 0) is 47.1 Å². The van der Waals surface area contributed by atoms with Crippen molar-refractivity contribution in [3.05, 3.63) is 70.8 Å². The van der Waals surface area contributed by atoms with Crippen molar-refractivity contribution >= 4 is 21.0 Å². The van der Waals surface area contributed by atoms with Crippen LogP contribution in [0.5, 0.6) is 0 Å². The minimum atomic E-state index is -1.05. The first-order valence-corrected chi connectivity index (χ1v) is 10.4. The van der Waals surface area contributed by atoms with Gasteiger partial charge in [-0.1, -0.05) is 59.7 Å². The molecule has 23 heavy (non-hydrogen) atoms. The van der Waals surface area contributed by atoms with Gasteiger partial charge in [0.05, 0.1) is 4.75 Å². The van der Waals surface area contributed by atoms with E-state index in [0.717, 1.165) is 5.56 Å². The predicted octanol–water partition coefficient (Wildman–Crippen LogP) is 5.87. The van der Waals surface area contributed by atoms with Crippen LogP contribution in [0.4, 0.5) is 0 Å². The van der Waals surface area contributed by atoms with Crippen LogP contribution in [0.25, 0.3) is 0 Å². The highest BCUT2D eigenvalue weighted by molar-refractivity contribution is 8.72. The van der Waals surface area contributed by atoms with Gasteiger partial charge in [-0.15, -0.1) is 0 Å². The molecule has 2 aromatic carbocycles. The molecule has 0 spiro atoms. The number of hydrogen-bond acceptors (Lipinski definition) is 2. The van der Waals surface area contributed by atoms with Gasteiger partial charge in [0.2, 0.25) is 0 Å². The third-order valence-electron chi connectivity index (χ3n) is 4.19. The smallest absolute Gasteiger partial charge is 0.157 e. The maximum Gasteiger partial charge on any atom is 0.157 e. The Labute approximate surface area is 147 Å². The van der Waals surface area contributed by atoms with Crippen molar-refractivity contribution in [1.29, 1.82) is 0 Å². The van der Waals surface area contributed by atoms with Crippen LogP contribution in [-0.4, -0.2) is 4.55 Å². The monoisotopic (exact) mass is 346 g/mol. The normalized spacial score (nSPS) is 13.9. The van der Waals surface area contributed by atoms with E-state index in [-0.39, 0.29) is 9.49 Å². The second-order valence-electron chi connectivity index (χ2n) is 7.07. The average Bonchev–Trinajstić information content (AvgIpc) is 2.47. The van der Waals surface area contributed by atoms with E-state index < -0.39 is 10.2 Å². The van der Waals surface area contributed by atoms with E-state index in [1.807, 2.05) is 0 Å². The minimum absolute atomic E-state index is 0.194. The van der Waals surface area contributed by atoms with E-state index in [2.05, 4.69) is 90.1 Å².